The van der Waals surface area contributed by atoms with Gasteiger partial charge in [-0.3, -0.25) is 4.79 Å². The molecular weight excluding hydrogens is 273 g/mol. The minimum Gasteiger partial charge on any atom is -0.350 e. The molecule has 0 bridgehead atoms. The molecule has 0 heterocycles. The molecule has 1 unspecified atom stereocenters. The first-order valence-corrected chi connectivity index (χ1v) is 6.29. The van der Waals surface area contributed by atoms with Crippen molar-refractivity contribution in [3.05, 3.63) is 35.1 Å². The summed E-state index contributed by atoms with van der Waals surface area (Å²) in [5.74, 6) is -0.602. The molecule has 4 heteroatoms. The van der Waals surface area contributed by atoms with Crippen LogP contribution in [0.25, 0.3) is 0 Å². The first-order chi connectivity index (χ1) is 7.54. The zero-order valence-corrected chi connectivity index (χ0v) is 11.0. The second-order valence-electron chi connectivity index (χ2n) is 3.81. The summed E-state index contributed by atoms with van der Waals surface area (Å²) >= 11 is 3.31. The van der Waals surface area contributed by atoms with Crippen LogP contribution in [0.2, 0.25) is 0 Å². The van der Waals surface area contributed by atoms with Crippen LogP contribution in [-0.4, -0.2) is 17.3 Å². The van der Waals surface area contributed by atoms with Crippen LogP contribution in [-0.2, 0) is 0 Å². The topological polar surface area (TPSA) is 29.1 Å². The summed E-state index contributed by atoms with van der Waals surface area (Å²) in [7, 11) is 0. The Kier molecular flexibility index (Phi) is 4.93. The highest BCUT2D eigenvalue weighted by molar-refractivity contribution is 9.09. The Morgan fingerprint density at radius 2 is 2.25 bits per heavy atom. The van der Waals surface area contributed by atoms with Crippen molar-refractivity contribution in [2.24, 2.45) is 0 Å². The fraction of sp³-hybridized carbons (Fsp3) is 0.417. The number of amides is 1. The lowest BCUT2D eigenvalue weighted by Crippen LogP contribution is -2.33. The van der Waals surface area contributed by atoms with Crippen molar-refractivity contribution in [2.75, 3.05) is 5.33 Å². The van der Waals surface area contributed by atoms with Gasteiger partial charge in [-0.25, -0.2) is 4.39 Å². The monoisotopic (exact) mass is 287 g/mol. The molecule has 1 amide bonds. The molecule has 0 aromatic heterocycles. The first-order valence-electron chi connectivity index (χ1n) is 5.17. The van der Waals surface area contributed by atoms with E-state index in [4.69, 9.17) is 0 Å². The number of hydrogen-bond donors (Lipinski definition) is 1. The number of hydrogen-bond acceptors (Lipinski definition) is 1. The molecule has 0 saturated heterocycles. The Morgan fingerprint density at radius 1 is 1.56 bits per heavy atom. The molecule has 16 heavy (non-hydrogen) atoms. The van der Waals surface area contributed by atoms with E-state index in [2.05, 4.69) is 21.2 Å². The molecule has 2 nitrogen and oxygen atoms in total. The van der Waals surface area contributed by atoms with E-state index in [-0.39, 0.29) is 17.8 Å². The quantitative estimate of drug-likeness (QED) is 0.848. The fourth-order valence-electron chi connectivity index (χ4n) is 1.38. The van der Waals surface area contributed by atoms with E-state index in [1.54, 1.807) is 13.0 Å². The zero-order valence-electron chi connectivity index (χ0n) is 9.39. The lowest BCUT2D eigenvalue weighted by atomic mass is 10.1. The molecule has 0 radical (unpaired) electrons. The smallest absolute Gasteiger partial charge is 0.251 e. The molecule has 0 spiro atoms. The fourth-order valence-corrected chi connectivity index (χ4v) is 2.06. The Balaban J connectivity index is 2.76. The molecule has 1 rings (SSSR count). The Labute approximate surface area is 103 Å². The molecule has 1 aromatic carbocycles. The zero-order chi connectivity index (χ0) is 12.1. The van der Waals surface area contributed by atoms with Crippen LogP contribution in [0.1, 0.15) is 29.3 Å². The molecule has 0 aliphatic heterocycles. The summed E-state index contributed by atoms with van der Waals surface area (Å²) < 4.78 is 13.0. The molecule has 1 N–H and O–H groups in total. The van der Waals surface area contributed by atoms with E-state index in [0.717, 1.165) is 17.3 Å². The van der Waals surface area contributed by atoms with E-state index in [0.29, 0.717) is 5.56 Å². The van der Waals surface area contributed by atoms with Crippen molar-refractivity contribution in [1.29, 1.82) is 0 Å². The maximum atomic E-state index is 13.0. The third-order valence-corrected chi connectivity index (χ3v) is 2.82. The van der Waals surface area contributed by atoms with Gasteiger partial charge in [-0.2, -0.15) is 0 Å². The highest BCUT2D eigenvalue weighted by Gasteiger charge is 2.12. The predicted octanol–water partition coefficient (Wildman–Crippen LogP) is 3.04. The standard InChI is InChI=1S/C12H15BrFNO/c1-8-3-4-10(14)7-11(8)12(16)15-9(2)5-6-13/h3-4,7,9H,5-6H2,1-2H3,(H,15,16). The third-order valence-electron chi connectivity index (χ3n) is 2.36. The Morgan fingerprint density at radius 3 is 2.88 bits per heavy atom. The Bertz CT molecular complexity index is 381. The molecule has 0 aliphatic rings. The maximum absolute atomic E-state index is 13.0. The van der Waals surface area contributed by atoms with Crippen molar-refractivity contribution in [2.45, 2.75) is 26.3 Å². The number of halogens is 2. The molecule has 0 fully saturated rings. The Hall–Kier alpha value is -0.900. The van der Waals surface area contributed by atoms with Crippen LogP contribution in [0.5, 0.6) is 0 Å². The van der Waals surface area contributed by atoms with Crippen LogP contribution in [0, 0.1) is 12.7 Å². The summed E-state index contributed by atoms with van der Waals surface area (Å²) in [6.45, 7) is 3.72. The van der Waals surface area contributed by atoms with E-state index in [1.165, 1.54) is 12.1 Å². The third kappa shape index (κ3) is 3.59. The number of carbonyl (C=O) groups excluding carboxylic acids is 1. The number of carbonyl (C=O) groups is 1. The van der Waals surface area contributed by atoms with E-state index in [1.807, 2.05) is 6.92 Å². The molecular formula is C12H15BrFNO. The van der Waals surface area contributed by atoms with Gasteiger partial charge in [0.15, 0.2) is 0 Å². The minimum atomic E-state index is -0.385. The van der Waals surface area contributed by atoms with Crippen LogP contribution >= 0.6 is 15.9 Å². The SMILES string of the molecule is Cc1ccc(F)cc1C(=O)NC(C)CCBr. The van der Waals surface area contributed by atoms with Crippen LogP contribution in [0.4, 0.5) is 4.39 Å². The summed E-state index contributed by atoms with van der Waals surface area (Å²) in [4.78, 5) is 11.8. The number of nitrogens with one attached hydrogen (secondary N) is 1. The van der Waals surface area contributed by atoms with Crippen molar-refractivity contribution in [3.63, 3.8) is 0 Å². The highest BCUT2D eigenvalue weighted by atomic mass is 79.9. The first kappa shape index (κ1) is 13.2. The maximum Gasteiger partial charge on any atom is 0.251 e. The normalized spacial score (nSPS) is 12.2. The van der Waals surface area contributed by atoms with Crippen molar-refractivity contribution >= 4 is 21.8 Å². The van der Waals surface area contributed by atoms with Gasteiger partial charge in [0, 0.05) is 16.9 Å². The summed E-state index contributed by atoms with van der Waals surface area (Å²) in [6.07, 6.45) is 0.847. The second kappa shape index (κ2) is 5.99. The van der Waals surface area contributed by atoms with Gasteiger partial charge in [0.05, 0.1) is 0 Å². The number of benzene rings is 1. The van der Waals surface area contributed by atoms with E-state index >= 15 is 0 Å². The number of aryl methyl sites for hydroxylation is 1. The van der Waals surface area contributed by atoms with E-state index in [9.17, 15) is 9.18 Å². The van der Waals surface area contributed by atoms with Crippen molar-refractivity contribution in [1.82, 2.24) is 5.32 Å². The predicted molar refractivity (Wildman–Crippen MR) is 66.5 cm³/mol. The van der Waals surface area contributed by atoms with Gasteiger partial charge < -0.3 is 5.32 Å². The average Bonchev–Trinajstić information content (AvgIpc) is 2.21. The van der Waals surface area contributed by atoms with Crippen LogP contribution in [0.3, 0.4) is 0 Å². The second-order valence-corrected chi connectivity index (χ2v) is 4.60. The van der Waals surface area contributed by atoms with Gasteiger partial charge in [0.2, 0.25) is 0 Å². The van der Waals surface area contributed by atoms with E-state index < -0.39 is 0 Å². The molecule has 1 aromatic rings. The van der Waals surface area contributed by atoms with Gasteiger partial charge in [-0.15, -0.1) is 0 Å². The van der Waals surface area contributed by atoms with Gasteiger partial charge in [0.25, 0.3) is 5.91 Å². The minimum absolute atomic E-state index is 0.0783. The van der Waals surface area contributed by atoms with Crippen LogP contribution < -0.4 is 5.32 Å². The van der Waals surface area contributed by atoms with Gasteiger partial charge in [0.1, 0.15) is 5.82 Å². The van der Waals surface area contributed by atoms with Gasteiger partial charge >= 0.3 is 0 Å². The molecule has 88 valence electrons. The summed E-state index contributed by atoms with van der Waals surface area (Å²) in [5, 5.41) is 3.66. The lowest BCUT2D eigenvalue weighted by molar-refractivity contribution is 0.0938. The number of rotatable bonds is 4. The van der Waals surface area contributed by atoms with Gasteiger partial charge in [-0.05, 0) is 38.0 Å². The average molecular weight is 288 g/mol. The highest BCUT2D eigenvalue weighted by Crippen LogP contribution is 2.10. The summed E-state index contributed by atoms with van der Waals surface area (Å²) in [6, 6.07) is 4.31. The van der Waals surface area contributed by atoms with Crippen molar-refractivity contribution in [3.8, 4) is 0 Å². The molecule has 1 atom stereocenters. The number of alkyl halides is 1. The summed E-state index contributed by atoms with van der Waals surface area (Å²) in [5.41, 5.74) is 1.19. The van der Waals surface area contributed by atoms with Crippen molar-refractivity contribution < 1.29 is 9.18 Å². The lowest BCUT2D eigenvalue weighted by Gasteiger charge is -2.13. The van der Waals surface area contributed by atoms with Gasteiger partial charge in [-0.1, -0.05) is 22.0 Å². The molecule has 0 aliphatic carbocycles. The van der Waals surface area contributed by atoms with Crippen LogP contribution in [0.15, 0.2) is 18.2 Å². The molecule has 0 saturated carbocycles. The largest absolute Gasteiger partial charge is 0.350 e.